The molecule has 0 saturated carbocycles. The second kappa shape index (κ2) is 9.28. The summed E-state index contributed by atoms with van der Waals surface area (Å²) in [7, 11) is 0. The third kappa shape index (κ3) is 4.78. The summed E-state index contributed by atoms with van der Waals surface area (Å²) < 4.78 is 9.28. The molecule has 0 spiro atoms. The lowest BCUT2D eigenvalue weighted by Gasteiger charge is -2.38. The second-order valence-corrected chi connectivity index (χ2v) is 5.53. The Hall–Kier alpha value is -0.480. The molecule has 0 amide bonds. The lowest BCUT2D eigenvalue weighted by molar-refractivity contribution is -0.286. The van der Waals surface area contributed by atoms with Gasteiger partial charge in [0.05, 0.1) is 19.3 Å². The highest BCUT2D eigenvalue weighted by Crippen LogP contribution is 2.19. The fourth-order valence-corrected chi connectivity index (χ4v) is 2.20. The first-order valence-electron chi connectivity index (χ1n) is 7.20. The second-order valence-electron chi connectivity index (χ2n) is 5.53. The van der Waals surface area contributed by atoms with Gasteiger partial charge in [0.1, 0.15) is 42.7 Å². The summed E-state index contributed by atoms with van der Waals surface area (Å²) in [6.45, 7) is -0.996. The van der Waals surface area contributed by atoms with Crippen LogP contribution in [0.5, 0.6) is 0 Å². The van der Waals surface area contributed by atoms with Crippen LogP contribution in [0.1, 0.15) is 0 Å². The highest BCUT2D eigenvalue weighted by molar-refractivity contribution is 4.90. The molecule has 2 aliphatic heterocycles. The standard InChI is InChI=1S/C6H13NO5.C6H12O6/c7-3-5(10)4(9)2(1-8)12-6(3)11;7-1-2-3(8)4(9)5(10)6(11)12-2/h2-6,8-11H,1,7H2;2-11H,1H2/t2?,3?,4-,5-,6-;2?,3-,4+,5?,6-/m11/s1. The first kappa shape index (κ1) is 21.6. The van der Waals surface area contributed by atoms with Crippen molar-refractivity contribution in [1.82, 2.24) is 0 Å². The van der Waals surface area contributed by atoms with Crippen LogP contribution in [0.2, 0.25) is 0 Å². The molecule has 2 saturated heterocycles. The first-order valence-corrected chi connectivity index (χ1v) is 7.20. The Morgan fingerprint density at radius 1 is 0.583 bits per heavy atom. The van der Waals surface area contributed by atoms with Crippen LogP contribution in [-0.2, 0) is 9.47 Å². The van der Waals surface area contributed by atoms with Crippen LogP contribution in [0.4, 0.5) is 0 Å². The normalized spacial score (nSPS) is 49.2. The van der Waals surface area contributed by atoms with Gasteiger partial charge in [0.25, 0.3) is 0 Å². The zero-order valence-corrected chi connectivity index (χ0v) is 12.6. The Balaban J connectivity index is 0.000000240. The average molecular weight is 359 g/mol. The topological polar surface area (TPSA) is 227 Å². The first-order chi connectivity index (χ1) is 11.1. The Kier molecular flexibility index (Phi) is 8.34. The summed E-state index contributed by atoms with van der Waals surface area (Å²) in [6, 6.07) is -1.04. The lowest BCUT2D eigenvalue weighted by atomic mass is 9.98. The molecule has 0 aliphatic carbocycles. The maximum atomic E-state index is 9.20. The van der Waals surface area contributed by atoms with Gasteiger partial charge in [-0.3, -0.25) is 0 Å². The van der Waals surface area contributed by atoms with Gasteiger partial charge in [-0.1, -0.05) is 0 Å². The van der Waals surface area contributed by atoms with Gasteiger partial charge in [-0.05, 0) is 0 Å². The smallest absolute Gasteiger partial charge is 0.184 e. The minimum absolute atomic E-state index is 0.470. The molecule has 2 aliphatic rings. The third-order valence-electron chi connectivity index (χ3n) is 3.82. The summed E-state index contributed by atoms with van der Waals surface area (Å²) in [5, 5.41) is 80.7. The largest absolute Gasteiger partial charge is 0.394 e. The highest BCUT2D eigenvalue weighted by atomic mass is 16.6. The predicted octanol–water partition coefficient (Wildman–Crippen LogP) is -6.48. The van der Waals surface area contributed by atoms with Gasteiger partial charge in [0.2, 0.25) is 0 Å². The molecule has 144 valence electrons. The van der Waals surface area contributed by atoms with Gasteiger partial charge in [-0.15, -0.1) is 0 Å². The summed E-state index contributed by atoms with van der Waals surface area (Å²) >= 11 is 0. The molecule has 2 heterocycles. The van der Waals surface area contributed by atoms with Crippen LogP contribution in [0.25, 0.3) is 0 Å². The fourth-order valence-electron chi connectivity index (χ4n) is 2.20. The van der Waals surface area contributed by atoms with Crippen molar-refractivity contribution in [1.29, 1.82) is 0 Å². The van der Waals surface area contributed by atoms with Crippen molar-refractivity contribution in [3.8, 4) is 0 Å². The number of aliphatic hydroxyl groups is 9. The van der Waals surface area contributed by atoms with Crippen LogP contribution in [0.15, 0.2) is 0 Å². The average Bonchev–Trinajstić information content (AvgIpc) is 2.58. The van der Waals surface area contributed by atoms with E-state index in [1.807, 2.05) is 0 Å². The maximum absolute atomic E-state index is 9.20. The van der Waals surface area contributed by atoms with Crippen molar-refractivity contribution in [2.24, 2.45) is 5.73 Å². The maximum Gasteiger partial charge on any atom is 0.184 e. The number of ether oxygens (including phenoxy) is 2. The van der Waals surface area contributed by atoms with Crippen molar-refractivity contribution in [2.45, 2.75) is 61.3 Å². The van der Waals surface area contributed by atoms with Crippen molar-refractivity contribution < 1.29 is 55.4 Å². The molecule has 0 radical (unpaired) electrons. The third-order valence-corrected chi connectivity index (χ3v) is 3.82. The number of hydrogen-bond donors (Lipinski definition) is 10. The van der Waals surface area contributed by atoms with E-state index in [4.69, 9.17) is 46.2 Å². The number of hydrogen-bond acceptors (Lipinski definition) is 12. The molecule has 4 unspecified atom stereocenters. The Morgan fingerprint density at radius 2 is 1.00 bits per heavy atom. The van der Waals surface area contributed by atoms with Crippen LogP contribution in [-0.4, -0.2) is 121 Å². The predicted molar refractivity (Wildman–Crippen MR) is 73.9 cm³/mol. The van der Waals surface area contributed by atoms with E-state index in [1.54, 1.807) is 0 Å². The van der Waals surface area contributed by atoms with E-state index in [0.717, 1.165) is 0 Å². The fraction of sp³-hybridized carbons (Fsp3) is 1.00. The van der Waals surface area contributed by atoms with Crippen LogP contribution in [0.3, 0.4) is 0 Å². The van der Waals surface area contributed by atoms with Gasteiger partial charge < -0.3 is 61.2 Å². The quantitative estimate of drug-likeness (QED) is 0.222. The van der Waals surface area contributed by atoms with E-state index in [0.29, 0.717) is 0 Å². The summed E-state index contributed by atoms with van der Waals surface area (Å²) in [6.07, 6.45) is -11.9. The van der Waals surface area contributed by atoms with E-state index in [2.05, 4.69) is 4.74 Å². The highest BCUT2D eigenvalue weighted by Gasteiger charge is 2.43. The molecular weight excluding hydrogens is 334 g/mol. The zero-order chi connectivity index (χ0) is 18.6. The van der Waals surface area contributed by atoms with Crippen molar-refractivity contribution in [3.63, 3.8) is 0 Å². The van der Waals surface area contributed by atoms with E-state index in [-0.39, 0.29) is 0 Å². The van der Waals surface area contributed by atoms with E-state index < -0.39 is 74.6 Å². The van der Waals surface area contributed by atoms with Crippen molar-refractivity contribution in [2.75, 3.05) is 13.2 Å². The summed E-state index contributed by atoms with van der Waals surface area (Å²) in [4.78, 5) is 0. The van der Waals surface area contributed by atoms with Crippen LogP contribution >= 0.6 is 0 Å². The summed E-state index contributed by atoms with van der Waals surface area (Å²) in [5.74, 6) is 0. The molecule has 0 aromatic carbocycles. The molecule has 11 N–H and O–H groups in total. The number of nitrogens with two attached hydrogens (primary N) is 1. The molecule has 0 aromatic heterocycles. The number of aliphatic hydroxyl groups excluding tert-OH is 9. The van der Waals surface area contributed by atoms with E-state index in [9.17, 15) is 10.2 Å². The number of rotatable bonds is 2. The Labute approximate surface area is 136 Å². The SMILES string of the molecule is NC1[C@H](O)OC(CO)[C@@H](O)[C@@H]1O.OCC1O[C@@H](O)C(O)[C@@H](O)[C@@H]1O. The van der Waals surface area contributed by atoms with Gasteiger partial charge >= 0.3 is 0 Å². The summed E-state index contributed by atoms with van der Waals surface area (Å²) in [5.41, 5.74) is 5.26. The molecule has 10 atom stereocenters. The minimum atomic E-state index is -1.57. The molecular formula is C12H25NO11. The lowest BCUT2D eigenvalue weighted by Crippen LogP contribution is -2.61. The van der Waals surface area contributed by atoms with Crippen LogP contribution < -0.4 is 5.73 Å². The minimum Gasteiger partial charge on any atom is -0.394 e. The van der Waals surface area contributed by atoms with E-state index in [1.165, 1.54) is 0 Å². The van der Waals surface area contributed by atoms with Crippen molar-refractivity contribution >= 4 is 0 Å². The Morgan fingerprint density at radius 3 is 1.46 bits per heavy atom. The monoisotopic (exact) mass is 359 g/mol. The van der Waals surface area contributed by atoms with Crippen LogP contribution in [0, 0.1) is 0 Å². The molecule has 2 fully saturated rings. The van der Waals surface area contributed by atoms with Crippen molar-refractivity contribution in [3.05, 3.63) is 0 Å². The van der Waals surface area contributed by atoms with Gasteiger partial charge in [-0.25, -0.2) is 0 Å². The molecule has 24 heavy (non-hydrogen) atoms. The van der Waals surface area contributed by atoms with Gasteiger partial charge in [0.15, 0.2) is 12.6 Å². The molecule has 12 nitrogen and oxygen atoms in total. The molecule has 0 aromatic rings. The van der Waals surface area contributed by atoms with Gasteiger partial charge in [-0.2, -0.15) is 0 Å². The van der Waals surface area contributed by atoms with E-state index >= 15 is 0 Å². The zero-order valence-electron chi connectivity index (χ0n) is 12.6. The molecule has 0 bridgehead atoms. The molecule has 2 rings (SSSR count). The molecule has 12 heteroatoms. The Bertz CT molecular complexity index is 331. The van der Waals surface area contributed by atoms with Gasteiger partial charge in [0, 0.05) is 0 Å².